The Bertz CT molecular complexity index is 820. The minimum Gasteiger partial charge on any atom is -0.493 e. The van der Waals surface area contributed by atoms with Crippen LogP contribution in [0.15, 0.2) is 36.4 Å². The van der Waals surface area contributed by atoms with Gasteiger partial charge in [-0.2, -0.15) is 0 Å². The summed E-state index contributed by atoms with van der Waals surface area (Å²) in [6, 6.07) is 9.89. The molecule has 0 saturated carbocycles. The monoisotopic (exact) mass is 372 g/mol. The highest BCUT2D eigenvalue weighted by Crippen LogP contribution is 2.28. The van der Waals surface area contributed by atoms with E-state index in [0.717, 1.165) is 18.4 Å². The second-order valence-corrected chi connectivity index (χ2v) is 6.13. The first-order chi connectivity index (χ1) is 13.0. The van der Waals surface area contributed by atoms with Crippen LogP contribution in [0.3, 0.4) is 0 Å². The zero-order chi connectivity index (χ0) is 19.8. The number of methoxy groups -OCH3 is 1. The Morgan fingerprint density at radius 1 is 1.19 bits per heavy atom. The molecule has 7 nitrogen and oxygen atoms in total. The molecule has 0 heterocycles. The number of aryl methyl sites for hydroxylation is 1. The van der Waals surface area contributed by atoms with Gasteiger partial charge >= 0.3 is 0 Å². The van der Waals surface area contributed by atoms with Crippen molar-refractivity contribution in [2.45, 2.75) is 33.2 Å². The van der Waals surface area contributed by atoms with E-state index in [4.69, 9.17) is 9.47 Å². The van der Waals surface area contributed by atoms with Crippen molar-refractivity contribution in [1.82, 2.24) is 5.32 Å². The summed E-state index contributed by atoms with van der Waals surface area (Å²) in [6.45, 7) is 4.62. The third-order valence-electron chi connectivity index (χ3n) is 4.10. The molecule has 0 aliphatic heterocycles. The van der Waals surface area contributed by atoms with Crippen LogP contribution in [0.4, 0.5) is 5.69 Å². The molecular formula is C20H24N2O5. The number of rotatable bonds is 9. The molecule has 1 N–H and O–H groups in total. The molecule has 144 valence electrons. The summed E-state index contributed by atoms with van der Waals surface area (Å²) < 4.78 is 11.0. The van der Waals surface area contributed by atoms with Gasteiger partial charge in [-0.25, -0.2) is 0 Å². The first-order valence-corrected chi connectivity index (χ1v) is 8.79. The van der Waals surface area contributed by atoms with Crippen LogP contribution in [0.2, 0.25) is 0 Å². The fourth-order valence-corrected chi connectivity index (χ4v) is 2.50. The van der Waals surface area contributed by atoms with Gasteiger partial charge in [0.1, 0.15) is 0 Å². The van der Waals surface area contributed by atoms with Crippen LogP contribution in [0.1, 0.15) is 41.3 Å². The van der Waals surface area contributed by atoms with Crippen LogP contribution < -0.4 is 14.8 Å². The van der Waals surface area contributed by atoms with Crippen LogP contribution in [0.25, 0.3) is 0 Å². The molecule has 1 amide bonds. The lowest BCUT2D eigenvalue weighted by Gasteiger charge is -2.12. The average molecular weight is 372 g/mol. The minimum absolute atomic E-state index is 0.0714. The van der Waals surface area contributed by atoms with E-state index < -0.39 is 4.92 Å². The summed E-state index contributed by atoms with van der Waals surface area (Å²) in [4.78, 5) is 22.8. The standard InChI is InChI=1S/C20H24N2O5/c1-4-5-10-27-18-9-7-15(11-19(18)26-3)13-21-20(23)16-8-6-14(2)17(12-16)22(24)25/h6-9,11-12H,4-5,10,13H2,1-3H3,(H,21,23). The van der Waals surface area contributed by atoms with Crippen molar-refractivity contribution < 1.29 is 19.2 Å². The summed E-state index contributed by atoms with van der Waals surface area (Å²) in [7, 11) is 1.57. The van der Waals surface area contributed by atoms with Crippen molar-refractivity contribution in [1.29, 1.82) is 0 Å². The molecular weight excluding hydrogens is 348 g/mol. The Kier molecular flexibility index (Phi) is 7.16. The van der Waals surface area contributed by atoms with Crippen LogP contribution in [-0.2, 0) is 6.54 Å². The molecule has 0 spiro atoms. The predicted molar refractivity (Wildman–Crippen MR) is 102 cm³/mol. The molecule has 7 heteroatoms. The lowest BCUT2D eigenvalue weighted by Crippen LogP contribution is -2.23. The van der Waals surface area contributed by atoms with E-state index in [-0.39, 0.29) is 23.7 Å². The van der Waals surface area contributed by atoms with Gasteiger partial charge in [0, 0.05) is 23.7 Å². The highest BCUT2D eigenvalue weighted by molar-refractivity contribution is 5.94. The molecule has 0 aromatic heterocycles. The lowest BCUT2D eigenvalue weighted by molar-refractivity contribution is -0.385. The average Bonchev–Trinajstić information content (AvgIpc) is 2.67. The molecule has 0 fully saturated rings. The molecule has 0 unspecified atom stereocenters. The Morgan fingerprint density at radius 2 is 1.96 bits per heavy atom. The maximum absolute atomic E-state index is 12.3. The van der Waals surface area contributed by atoms with Crippen molar-refractivity contribution in [2.24, 2.45) is 0 Å². The van der Waals surface area contributed by atoms with E-state index in [2.05, 4.69) is 12.2 Å². The zero-order valence-corrected chi connectivity index (χ0v) is 15.8. The molecule has 2 aromatic carbocycles. The summed E-state index contributed by atoms with van der Waals surface area (Å²) in [5, 5.41) is 13.8. The number of nitro benzene ring substituents is 1. The second-order valence-electron chi connectivity index (χ2n) is 6.13. The van der Waals surface area contributed by atoms with Gasteiger partial charge in [0.15, 0.2) is 11.5 Å². The molecule has 0 aliphatic carbocycles. The number of carbonyl (C=O) groups is 1. The highest BCUT2D eigenvalue weighted by atomic mass is 16.6. The zero-order valence-electron chi connectivity index (χ0n) is 15.8. The maximum atomic E-state index is 12.3. The smallest absolute Gasteiger partial charge is 0.273 e. The van der Waals surface area contributed by atoms with Crippen molar-refractivity contribution in [3.63, 3.8) is 0 Å². The fraction of sp³-hybridized carbons (Fsp3) is 0.350. The van der Waals surface area contributed by atoms with Crippen molar-refractivity contribution >= 4 is 11.6 Å². The third-order valence-corrected chi connectivity index (χ3v) is 4.10. The summed E-state index contributed by atoms with van der Waals surface area (Å²) in [5.74, 6) is 0.888. The predicted octanol–water partition coefficient (Wildman–Crippen LogP) is 4.02. The third kappa shape index (κ3) is 5.44. The van der Waals surface area contributed by atoms with Gasteiger partial charge in [0.05, 0.1) is 18.6 Å². The summed E-state index contributed by atoms with van der Waals surface area (Å²) in [5.41, 5.74) is 1.53. The van der Waals surface area contributed by atoms with Gasteiger partial charge in [0.25, 0.3) is 11.6 Å². The van der Waals surface area contributed by atoms with Gasteiger partial charge in [-0.3, -0.25) is 14.9 Å². The summed E-state index contributed by atoms with van der Waals surface area (Å²) >= 11 is 0. The largest absolute Gasteiger partial charge is 0.493 e. The SMILES string of the molecule is CCCCOc1ccc(CNC(=O)c2ccc(C)c([N+](=O)[O-])c2)cc1OC. The van der Waals surface area contributed by atoms with E-state index in [1.807, 2.05) is 12.1 Å². The first-order valence-electron chi connectivity index (χ1n) is 8.79. The van der Waals surface area contributed by atoms with E-state index in [1.165, 1.54) is 6.07 Å². The number of nitro groups is 1. The van der Waals surface area contributed by atoms with E-state index in [9.17, 15) is 14.9 Å². The quantitative estimate of drug-likeness (QED) is 0.408. The molecule has 0 saturated heterocycles. The van der Waals surface area contributed by atoms with Crippen LogP contribution >= 0.6 is 0 Å². The van der Waals surface area contributed by atoms with Gasteiger partial charge < -0.3 is 14.8 Å². The van der Waals surface area contributed by atoms with Crippen LogP contribution in [0.5, 0.6) is 11.5 Å². The molecule has 0 atom stereocenters. The number of ether oxygens (including phenoxy) is 2. The Hall–Kier alpha value is -3.09. The van der Waals surface area contributed by atoms with Crippen molar-refractivity contribution in [3.8, 4) is 11.5 Å². The van der Waals surface area contributed by atoms with E-state index in [1.54, 1.807) is 32.2 Å². The van der Waals surface area contributed by atoms with Crippen molar-refractivity contribution in [2.75, 3.05) is 13.7 Å². The first kappa shape index (κ1) is 20.2. The second kappa shape index (κ2) is 9.56. The minimum atomic E-state index is -0.492. The van der Waals surface area contributed by atoms with Gasteiger partial charge in [-0.05, 0) is 37.1 Å². The number of carbonyl (C=O) groups excluding carboxylic acids is 1. The van der Waals surface area contributed by atoms with E-state index in [0.29, 0.717) is 23.7 Å². The lowest BCUT2D eigenvalue weighted by atomic mass is 10.1. The van der Waals surface area contributed by atoms with Gasteiger partial charge in [-0.1, -0.05) is 25.5 Å². The molecule has 2 rings (SSSR count). The molecule has 0 aliphatic rings. The Morgan fingerprint density at radius 3 is 2.63 bits per heavy atom. The topological polar surface area (TPSA) is 90.7 Å². The number of nitrogens with one attached hydrogen (secondary N) is 1. The molecule has 2 aromatic rings. The van der Waals surface area contributed by atoms with Gasteiger partial charge in [-0.15, -0.1) is 0 Å². The van der Waals surface area contributed by atoms with Gasteiger partial charge in [0.2, 0.25) is 0 Å². The number of benzene rings is 2. The maximum Gasteiger partial charge on any atom is 0.273 e. The molecule has 0 radical (unpaired) electrons. The number of nitrogens with zero attached hydrogens (tertiary/aromatic N) is 1. The van der Waals surface area contributed by atoms with E-state index >= 15 is 0 Å². The van der Waals surface area contributed by atoms with Crippen LogP contribution in [0, 0.1) is 17.0 Å². The fourth-order valence-electron chi connectivity index (χ4n) is 2.50. The highest BCUT2D eigenvalue weighted by Gasteiger charge is 2.15. The molecule has 27 heavy (non-hydrogen) atoms. The van der Waals surface area contributed by atoms with Crippen molar-refractivity contribution in [3.05, 3.63) is 63.2 Å². The normalized spacial score (nSPS) is 10.3. The number of unbranched alkanes of at least 4 members (excludes halogenated alkanes) is 1. The molecule has 0 bridgehead atoms. The van der Waals surface area contributed by atoms with Crippen LogP contribution in [-0.4, -0.2) is 24.5 Å². The number of hydrogen-bond acceptors (Lipinski definition) is 5. The number of amides is 1. The Labute approximate surface area is 158 Å². The number of hydrogen-bond donors (Lipinski definition) is 1. The Balaban J connectivity index is 2.04. The summed E-state index contributed by atoms with van der Waals surface area (Å²) in [6.07, 6.45) is 2.01.